The molecule has 0 aromatic heterocycles. The standard InChI is InChI=1S/C27H30N2O3/c1-18-21(9-6-10-24(18)20-7-4-3-5-8-20)17-32-23-11-12-25-22(15-23)16-26(31)27(25)29-14-13-28-19(2)30/h3-12,15,26-27,29,31H,13-14,16-17H2,1-2H3,(H,28,30)/t26-,27-/m0/s1. The lowest BCUT2D eigenvalue weighted by Gasteiger charge is -2.18. The van der Waals surface area contributed by atoms with Gasteiger partial charge in [-0.15, -0.1) is 0 Å². The number of hydrogen-bond acceptors (Lipinski definition) is 4. The van der Waals surface area contributed by atoms with Crippen LogP contribution in [-0.2, 0) is 17.8 Å². The molecule has 3 N–H and O–H groups in total. The highest BCUT2D eigenvalue weighted by atomic mass is 16.5. The molecule has 0 saturated carbocycles. The summed E-state index contributed by atoms with van der Waals surface area (Å²) < 4.78 is 6.13. The summed E-state index contributed by atoms with van der Waals surface area (Å²) in [5.41, 5.74) is 6.99. The number of amides is 1. The Morgan fingerprint density at radius 1 is 1.06 bits per heavy atom. The molecule has 0 unspecified atom stereocenters. The normalized spacial score (nSPS) is 17.1. The van der Waals surface area contributed by atoms with E-state index in [2.05, 4.69) is 60.0 Å². The van der Waals surface area contributed by atoms with Gasteiger partial charge in [-0.1, -0.05) is 54.6 Å². The van der Waals surface area contributed by atoms with E-state index in [1.165, 1.54) is 23.6 Å². The number of carbonyl (C=O) groups is 1. The van der Waals surface area contributed by atoms with E-state index in [0.29, 0.717) is 26.1 Å². The molecule has 5 heteroatoms. The van der Waals surface area contributed by atoms with Crippen molar-refractivity contribution in [2.75, 3.05) is 13.1 Å². The molecule has 1 aliphatic carbocycles. The zero-order valence-corrected chi connectivity index (χ0v) is 18.6. The van der Waals surface area contributed by atoms with Gasteiger partial charge < -0.3 is 20.5 Å². The zero-order chi connectivity index (χ0) is 22.5. The second-order valence-corrected chi connectivity index (χ2v) is 8.29. The van der Waals surface area contributed by atoms with Crippen LogP contribution in [0.15, 0.2) is 66.7 Å². The summed E-state index contributed by atoms with van der Waals surface area (Å²) in [6.07, 6.45) is 0.106. The number of benzene rings is 3. The molecule has 3 aromatic rings. The fraction of sp³-hybridized carbons (Fsp3) is 0.296. The molecular weight excluding hydrogens is 400 g/mol. The molecular formula is C27H30N2O3. The van der Waals surface area contributed by atoms with Crippen LogP contribution in [0.25, 0.3) is 11.1 Å². The third-order valence-electron chi connectivity index (χ3n) is 6.05. The number of aliphatic hydroxyl groups is 1. The summed E-state index contributed by atoms with van der Waals surface area (Å²) in [7, 11) is 0. The first-order valence-corrected chi connectivity index (χ1v) is 11.1. The molecule has 1 aliphatic rings. The van der Waals surface area contributed by atoms with E-state index in [-0.39, 0.29) is 11.9 Å². The van der Waals surface area contributed by atoms with Crippen LogP contribution in [0.5, 0.6) is 5.75 Å². The number of aliphatic hydroxyl groups excluding tert-OH is 1. The van der Waals surface area contributed by atoms with Crippen LogP contribution in [0.3, 0.4) is 0 Å². The Morgan fingerprint density at radius 3 is 2.66 bits per heavy atom. The minimum Gasteiger partial charge on any atom is -0.489 e. The smallest absolute Gasteiger partial charge is 0.216 e. The van der Waals surface area contributed by atoms with Gasteiger partial charge in [0.25, 0.3) is 0 Å². The maximum atomic E-state index is 11.0. The van der Waals surface area contributed by atoms with E-state index in [4.69, 9.17) is 4.74 Å². The van der Waals surface area contributed by atoms with Crippen LogP contribution in [0.4, 0.5) is 0 Å². The predicted octanol–water partition coefficient (Wildman–Crippen LogP) is 3.92. The number of hydrogen-bond donors (Lipinski definition) is 3. The first-order valence-electron chi connectivity index (χ1n) is 11.1. The fourth-order valence-corrected chi connectivity index (χ4v) is 4.35. The average molecular weight is 431 g/mol. The lowest BCUT2D eigenvalue weighted by Crippen LogP contribution is -2.35. The molecule has 0 fully saturated rings. The van der Waals surface area contributed by atoms with Crippen molar-refractivity contribution >= 4 is 5.91 Å². The van der Waals surface area contributed by atoms with E-state index in [1.54, 1.807) is 0 Å². The predicted molar refractivity (Wildman–Crippen MR) is 127 cm³/mol. The van der Waals surface area contributed by atoms with Gasteiger partial charge in [-0.05, 0) is 52.4 Å². The van der Waals surface area contributed by atoms with Gasteiger partial charge in [-0.25, -0.2) is 0 Å². The topological polar surface area (TPSA) is 70.6 Å². The lowest BCUT2D eigenvalue weighted by molar-refractivity contribution is -0.118. The van der Waals surface area contributed by atoms with Crippen LogP contribution < -0.4 is 15.4 Å². The van der Waals surface area contributed by atoms with Gasteiger partial charge in [-0.2, -0.15) is 0 Å². The summed E-state index contributed by atoms with van der Waals surface area (Å²) in [6, 6.07) is 22.6. The molecule has 3 aromatic carbocycles. The molecule has 32 heavy (non-hydrogen) atoms. The Morgan fingerprint density at radius 2 is 1.88 bits per heavy atom. The monoisotopic (exact) mass is 430 g/mol. The lowest BCUT2D eigenvalue weighted by atomic mass is 9.97. The first kappa shape index (κ1) is 22.1. The van der Waals surface area contributed by atoms with Gasteiger partial charge in [0.15, 0.2) is 0 Å². The largest absolute Gasteiger partial charge is 0.489 e. The van der Waals surface area contributed by atoms with Crippen LogP contribution in [0, 0.1) is 6.92 Å². The minimum absolute atomic E-state index is 0.0505. The summed E-state index contributed by atoms with van der Waals surface area (Å²) in [5, 5.41) is 16.6. The van der Waals surface area contributed by atoms with E-state index < -0.39 is 6.10 Å². The summed E-state index contributed by atoms with van der Waals surface area (Å²) in [4.78, 5) is 11.0. The Kier molecular flexibility index (Phi) is 6.88. The highest BCUT2D eigenvalue weighted by molar-refractivity contribution is 5.72. The third kappa shape index (κ3) is 5.01. The fourth-order valence-electron chi connectivity index (χ4n) is 4.35. The van der Waals surface area contributed by atoms with Crippen LogP contribution in [0.1, 0.15) is 35.2 Å². The molecule has 0 spiro atoms. The van der Waals surface area contributed by atoms with Crippen molar-refractivity contribution in [3.8, 4) is 16.9 Å². The number of nitrogens with one attached hydrogen (secondary N) is 2. The average Bonchev–Trinajstić information content (AvgIpc) is 3.10. The maximum absolute atomic E-state index is 11.0. The Hall–Kier alpha value is -3.15. The highest BCUT2D eigenvalue weighted by Gasteiger charge is 2.30. The van der Waals surface area contributed by atoms with Crippen molar-refractivity contribution in [1.82, 2.24) is 10.6 Å². The van der Waals surface area contributed by atoms with Crippen molar-refractivity contribution in [3.63, 3.8) is 0 Å². The molecule has 166 valence electrons. The second kappa shape index (κ2) is 9.98. The van der Waals surface area contributed by atoms with Gasteiger partial charge in [0.1, 0.15) is 12.4 Å². The van der Waals surface area contributed by atoms with Crippen molar-refractivity contribution in [2.45, 2.75) is 39.0 Å². The number of rotatable bonds is 8. The molecule has 2 atom stereocenters. The number of ether oxygens (including phenoxy) is 1. The Labute approximate surface area is 189 Å². The van der Waals surface area contributed by atoms with Crippen LogP contribution in [0.2, 0.25) is 0 Å². The van der Waals surface area contributed by atoms with Gasteiger partial charge in [0, 0.05) is 26.4 Å². The third-order valence-corrected chi connectivity index (χ3v) is 6.05. The number of fused-ring (bicyclic) bond motifs is 1. The number of carbonyl (C=O) groups excluding carboxylic acids is 1. The highest BCUT2D eigenvalue weighted by Crippen LogP contribution is 2.34. The summed E-state index contributed by atoms with van der Waals surface area (Å²) in [6.45, 7) is 5.27. The molecule has 0 saturated heterocycles. The second-order valence-electron chi connectivity index (χ2n) is 8.29. The zero-order valence-electron chi connectivity index (χ0n) is 18.6. The first-order chi connectivity index (χ1) is 15.5. The van der Waals surface area contributed by atoms with Crippen molar-refractivity contribution in [1.29, 1.82) is 0 Å². The van der Waals surface area contributed by atoms with Gasteiger partial charge >= 0.3 is 0 Å². The quantitative estimate of drug-likeness (QED) is 0.474. The SMILES string of the molecule is CC(=O)NCCN[C@H]1c2ccc(OCc3cccc(-c4ccccc4)c3C)cc2C[C@@H]1O. The van der Waals surface area contributed by atoms with Gasteiger partial charge in [0.05, 0.1) is 12.1 Å². The van der Waals surface area contributed by atoms with E-state index in [0.717, 1.165) is 22.4 Å². The minimum atomic E-state index is -0.484. The molecule has 0 heterocycles. The maximum Gasteiger partial charge on any atom is 0.216 e. The van der Waals surface area contributed by atoms with E-state index >= 15 is 0 Å². The van der Waals surface area contributed by atoms with Gasteiger partial charge in [-0.3, -0.25) is 4.79 Å². The van der Waals surface area contributed by atoms with Crippen LogP contribution in [-0.4, -0.2) is 30.2 Å². The Bertz CT molecular complexity index is 1080. The molecule has 1 amide bonds. The Balaban J connectivity index is 1.42. The van der Waals surface area contributed by atoms with Crippen molar-refractivity contribution < 1.29 is 14.6 Å². The van der Waals surface area contributed by atoms with Crippen molar-refractivity contribution in [3.05, 3.63) is 89.0 Å². The molecule has 0 aliphatic heterocycles. The van der Waals surface area contributed by atoms with Crippen LogP contribution >= 0.6 is 0 Å². The summed E-state index contributed by atoms with van der Waals surface area (Å²) >= 11 is 0. The van der Waals surface area contributed by atoms with E-state index in [9.17, 15) is 9.90 Å². The van der Waals surface area contributed by atoms with Crippen molar-refractivity contribution in [2.24, 2.45) is 0 Å². The summed E-state index contributed by atoms with van der Waals surface area (Å²) in [5.74, 6) is 0.755. The van der Waals surface area contributed by atoms with E-state index in [1.807, 2.05) is 24.3 Å². The van der Waals surface area contributed by atoms with Gasteiger partial charge in [0.2, 0.25) is 5.91 Å². The molecule has 0 bridgehead atoms. The molecule has 0 radical (unpaired) electrons. The molecule has 5 nitrogen and oxygen atoms in total. The molecule has 4 rings (SSSR count).